The van der Waals surface area contributed by atoms with E-state index in [1.54, 1.807) is 30.3 Å². The summed E-state index contributed by atoms with van der Waals surface area (Å²) in [4.78, 5) is 39.3. The van der Waals surface area contributed by atoms with Crippen LogP contribution in [0.25, 0.3) is 6.08 Å². The number of hydrogen-bond acceptors (Lipinski definition) is 7. The van der Waals surface area contributed by atoms with Crippen molar-refractivity contribution in [1.82, 2.24) is 0 Å². The lowest BCUT2D eigenvalue weighted by Crippen LogP contribution is -2.11. The van der Waals surface area contributed by atoms with Crippen LogP contribution in [0.3, 0.4) is 0 Å². The zero-order chi connectivity index (χ0) is 25.2. The molecule has 8 nitrogen and oxygen atoms in total. The summed E-state index contributed by atoms with van der Waals surface area (Å²) in [7, 11) is 0. The summed E-state index contributed by atoms with van der Waals surface area (Å²) in [5.41, 5.74) is 2.55. The van der Waals surface area contributed by atoms with Crippen LogP contribution >= 0.6 is 0 Å². The Labute approximate surface area is 201 Å². The van der Waals surface area contributed by atoms with Gasteiger partial charge in [0.05, 0.1) is 10.5 Å². The Kier molecular flexibility index (Phi) is 6.29. The first-order valence-electron chi connectivity index (χ1n) is 10.8. The van der Waals surface area contributed by atoms with Crippen molar-refractivity contribution in [2.24, 2.45) is 4.99 Å². The Hall–Kier alpha value is -4.59. The van der Waals surface area contributed by atoms with Gasteiger partial charge in [-0.1, -0.05) is 51.1 Å². The van der Waals surface area contributed by atoms with Crippen LogP contribution in [0, 0.1) is 10.1 Å². The smallest absolute Gasteiger partial charge is 0.363 e. The van der Waals surface area contributed by atoms with Gasteiger partial charge in [-0.2, -0.15) is 0 Å². The fraction of sp³-hybridized carbons (Fsp3) is 0.148. The van der Waals surface area contributed by atoms with Crippen molar-refractivity contribution >= 4 is 29.6 Å². The summed E-state index contributed by atoms with van der Waals surface area (Å²) in [6.07, 6.45) is 1.57. The Morgan fingerprint density at radius 3 is 2.34 bits per heavy atom. The third-order valence-corrected chi connectivity index (χ3v) is 5.31. The normalized spacial score (nSPS) is 14.4. The summed E-state index contributed by atoms with van der Waals surface area (Å²) in [6.45, 7) is 6.36. The Morgan fingerprint density at radius 2 is 1.71 bits per heavy atom. The number of non-ortho nitro benzene ring substituents is 1. The molecule has 0 atom stereocenters. The van der Waals surface area contributed by atoms with Crippen molar-refractivity contribution in [2.75, 3.05) is 0 Å². The van der Waals surface area contributed by atoms with Gasteiger partial charge in [0.15, 0.2) is 5.70 Å². The van der Waals surface area contributed by atoms with Crippen LogP contribution < -0.4 is 4.74 Å². The van der Waals surface area contributed by atoms with Crippen molar-refractivity contribution in [3.63, 3.8) is 0 Å². The molecule has 1 aliphatic heterocycles. The predicted molar refractivity (Wildman–Crippen MR) is 130 cm³/mol. The minimum absolute atomic E-state index is 0.0112. The maximum atomic E-state index is 12.3. The first kappa shape index (κ1) is 23.6. The molecule has 176 valence electrons. The number of esters is 2. The molecule has 0 aromatic heterocycles. The van der Waals surface area contributed by atoms with Crippen molar-refractivity contribution in [3.8, 4) is 5.75 Å². The first-order valence-corrected chi connectivity index (χ1v) is 10.8. The quantitative estimate of drug-likeness (QED) is 0.161. The van der Waals surface area contributed by atoms with E-state index in [1.807, 2.05) is 24.3 Å². The van der Waals surface area contributed by atoms with Gasteiger partial charge < -0.3 is 9.47 Å². The number of ether oxygens (including phenoxy) is 2. The summed E-state index contributed by atoms with van der Waals surface area (Å²) < 4.78 is 10.6. The van der Waals surface area contributed by atoms with E-state index in [0.717, 1.165) is 11.6 Å². The van der Waals surface area contributed by atoms with E-state index in [4.69, 9.17) is 9.47 Å². The number of cyclic esters (lactones) is 1. The molecule has 0 saturated carbocycles. The largest absolute Gasteiger partial charge is 0.423 e. The fourth-order valence-corrected chi connectivity index (χ4v) is 3.35. The molecule has 0 unspecified atom stereocenters. The molecule has 8 heteroatoms. The van der Waals surface area contributed by atoms with E-state index in [-0.39, 0.29) is 34.0 Å². The van der Waals surface area contributed by atoms with Crippen LogP contribution in [-0.4, -0.2) is 22.8 Å². The highest BCUT2D eigenvalue weighted by Crippen LogP contribution is 2.25. The van der Waals surface area contributed by atoms with Crippen LogP contribution in [-0.2, 0) is 14.9 Å². The van der Waals surface area contributed by atoms with Gasteiger partial charge in [0.1, 0.15) is 5.75 Å². The maximum absolute atomic E-state index is 12.3. The average Bonchev–Trinajstić information content (AvgIpc) is 3.20. The zero-order valence-corrected chi connectivity index (χ0v) is 19.3. The number of nitro benzene ring substituents is 1. The minimum Gasteiger partial charge on any atom is -0.423 e. The third kappa shape index (κ3) is 5.50. The van der Waals surface area contributed by atoms with Gasteiger partial charge in [-0.05, 0) is 52.9 Å². The molecule has 0 N–H and O–H groups in total. The first-order chi connectivity index (χ1) is 16.6. The Balaban J connectivity index is 1.47. The van der Waals surface area contributed by atoms with Crippen LogP contribution in [0.4, 0.5) is 5.69 Å². The molecule has 3 aromatic rings. The van der Waals surface area contributed by atoms with Crippen LogP contribution in [0.5, 0.6) is 5.75 Å². The molecule has 0 radical (unpaired) electrons. The molecule has 0 aliphatic carbocycles. The molecule has 0 fully saturated rings. The predicted octanol–water partition coefficient (Wildman–Crippen LogP) is 5.46. The fourth-order valence-electron chi connectivity index (χ4n) is 3.35. The molecule has 35 heavy (non-hydrogen) atoms. The van der Waals surface area contributed by atoms with Crippen molar-refractivity contribution in [1.29, 1.82) is 0 Å². The lowest BCUT2D eigenvalue weighted by atomic mass is 9.87. The molecular weight excluding hydrogens is 448 g/mol. The van der Waals surface area contributed by atoms with Crippen LogP contribution in [0.1, 0.15) is 47.8 Å². The second-order valence-corrected chi connectivity index (χ2v) is 8.93. The Bertz CT molecular complexity index is 1360. The number of benzene rings is 3. The Morgan fingerprint density at radius 1 is 1.03 bits per heavy atom. The molecule has 3 aromatic carbocycles. The number of nitro groups is 1. The molecule has 0 saturated heterocycles. The van der Waals surface area contributed by atoms with E-state index >= 15 is 0 Å². The lowest BCUT2D eigenvalue weighted by Gasteiger charge is -2.18. The number of carbonyl (C=O) groups is 2. The number of carbonyl (C=O) groups excluding carboxylic acids is 2. The van der Waals surface area contributed by atoms with E-state index < -0.39 is 16.9 Å². The highest BCUT2D eigenvalue weighted by atomic mass is 16.6. The summed E-state index contributed by atoms with van der Waals surface area (Å²) in [5, 5.41) is 10.9. The second-order valence-electron chi connectivity index (χ2n) is 8.93. The lowest BCUT2D eigenvalue weighted by molar-refractivity contribution is -0.384. The van der Waals surface area contributed by atoms with E-state index in [9.17, 15) is 19.7 Å². The molecule has 1 heterocycles. The summed E-state index contributed by atoms with van der Waals surface area (Å²) in [5.74, 6) is -0.781. The standard InChI is InChI=1S/C27H22N2O6/c1-27(2,3)20-11-9-18(10-12-20)24-28-23(26(31)35-24)15-17-7-13-22(14-8-17)34-25(30)19-5-4-6-21(16-19)29(32)33/h4-16H,1-3H3/b23-15+. The van der Waals surface area contributed by atoms with Crippen LogP contribution in [0.15, 0.2) is 83.5 Å². The monoisotopic (exact) mass is 470 g/mol. The summed E-state index contributed by atoms with van der Waals surface area (Å²) >= 11 is 0. The van der Waals surface area contributed by atoms with E-state index in [1.165, 1.54) is 18.2 Å². The molecule has 0 spiro atoms. The highest BCUT2D eigenvalue weighted by Gasteiger charge is 2.24. The van der Waals surface area contributed by atoms with Gasteiger partial charge in [-0.15, -0.1) is 0 Å². The van der Waals surface area contributed by atoms with E-state index in [2.05, 4.69) is 25.8 Å². The van der Waals surface area contributed by atoms with Gasteiger partial charge in [0, 0.05) is 17.7 Å². The molecular formula is C27H22N2O6. The topological polar surface area (TPSA) is 108 Å². The third-order valence-electron chi connectivity index (χ3n) is 5.31. The average molecular weight is 470 g/mol. The van der Waals surface area contributed by atoms with Crippen molar-refractivity contribution < 1.29 is 24.0 Å². The van der Waals surface area contributed by atoms with E-state index in [0.29, 0.717) is 11.1 Å². The second kappa shape index (κ2) is 9.34. The van der Waals surface area contributed by atoms with Gasteiger partial charge in [-0.3, -0.25) is 10.1 Å². The number of hydrogen-bond donors (Lipinski definition) is 0. The molecule has 4 rings (SSSR count). The van der Waals surface area contributed by atoms with Gasteiger partial charge in [0.2, 0.25) is 5.90 Å². The highest BCUT2D eigenvalue weighted by molar-refractivity contribution is 6.12. The number of nitrogens with zero attached hydrogens (tertiary/aromatic N) is 2. The molecule has 0 bridgehead atoms. The van der Waals surface area contributed by atoms with Crippen LogP contribution in [0.2, 0.25) is 0 Å². The minimum atomic E-state index is -0.717. The molecule has 1 aliphatic rings. The molecule has 0 amide bonds. The van der Waals surface area contributed by atoms with Crippen molar-refractivity contribution in [3.05, 3.63) is 111 Å². The van der Waals surface area contributed by atoms with Gasteiger partial charge >= 0.3 is 11.9 Å². The number of rotatable bonds is 5. The number of aliphatic imine (C=N–C) groups is 1. The van der Waals surface area contributed by atoms with Gasteiger partial charge in [0.25, 0.3) is 5.69 Å². The zero-order valence-electron chi connectivity index (χ0n) is 19.3. The SMILES string of the molecule is CC(C)(C)c1ccc(C2=N/C(=C/c3ccc(OC(=O)c4cccc([N+](=O)[O-])c4)cc3)C(=O)O2)cc1. The van der Waals surface area contributed by atoms with Gasteiger partial charge in [-0.25, -0.2) is 14.6 Å². The summed E-state index contributed by atoms with van der Waals surface area (Å²) in [6, 6.07) is 19.4. The maximum Gasteiger partial charge on any atom is 0.363 e. The van der Waals surface area contributed by atoms with Crippen molar-refractivity contribution in [2.45, 2.75) is 26.2 Å².